The molecular weight excluding hydrogens is 262 g/mol. The summed E-state index contributed by atoms with van der Waals surface area (Å²) in [5, 5.41) is 3.21. The Morgan fingerprint density at radius 2 is 2.10 bits per heavy atom. The molecule has 0 radical (unpaired) electrons. The molecule has 3 nitrogen and oxygen atoms in total. The first-order chi connectivity index (χ1) is 9.49. The second-order valence-electron chi connectivity index (χ2n) is 5.38. The van der Waals surface area contributed by atoms with E-state index >= 15 is 0 Å². The summed E-state index contributed by atoms with van der Waals surface area (Å²) in [6.45, 7) is 5.12. The number of amides is 1. The second kappa shape index (κ2) is 6.31. The van der Waals surface area contributed by atoms with Crippen molar-refractivity contribution >= 4 is 5.91 Å². The molecule has 1 saturated heterocycles. The molecule has 5 heteroatoms. The smallest absolute Gasteiger partial charge is 0.222 e. The summed E-state index contributed by atoms with van der Waals surface area (Å²) >= 11 is 0. The zero-order valence-electron chi connectivity index (χ0n) is 11.8. The number of hydrogen-bond donors (Lipinski definition) is 1. The maximum Gasteiger partial charge on any atom is 0.222 e. The highest BCUT2D eigenvalue weighted by Crippen LogP contribution is 2.19. The van der Waals surface area contributed by atoms with Crippen molar-refractivity contribution in [2.75, 3.05) is 13.1 Å². The molecule has 1 amide bonds. The van der Waals surface area contributed by atoms with Crippen molar-refractivity contribution in [1.29, 1.82) is 0 Å². The fourth-order valence-corrected chi connectivity index (χ4v) is 2.65. The minimum absolute atomic E-state index is 0.0229. The van der Waals surface area contributed by atoms with Gasteiger partial charge in [-0.25, -0.2) is 8.78 Å². The molecule has 2 atom stereocenters. The molecule has 1 aromatic rings. The minimum Gasteiger partial charge on any atom is -0.341 e. The number of benzene rings is 1. The van der Waals surface area contributed by atoms with E-state index in [9.17, 15) is 13.6 Å². The van der Waals surface area contributed by atoms with Gasteiger partial charge in [0.05, 0.1) is 0 Å². The van der Waals surface area contributed by atoms with E-state index in [2.05, 4.69) is 5.32 Å². The lowest BCUT2D eigenvalue weighted by atomic mass is 10.1. The van der Waals surface area contributed by atoms with Gasteiger partial charge in [-0.15, -0.1) is 0 Å². The lowest BCUT2D eigenvalue weighted by Gasteiger charge is -2.25. The summed E-state index contributed by atoms with van der Waals surface area (Å²) in [7, 11) is 0. The van der Waals surface area contributed by atoms with Crippen molar-refractivity contribution in [3.8, 4) is 0 Å². The lowest BCUT2D eigenvalue weighted by Crippen LogP contribution is -2.40. The molecule has 1 N–H and O–H groups in total. The molecule has 2 rings (SSSR count). The molecule has 0 spiro atoms. The summed E-state index contributed by atoms with van der Waals surface area (Å²) in [5.74, 6) is -1.47. The highest BCUT2D eigenvalue weighted by atomic mass is 19.2. The Morgan fingerprint density at radius 3 is 2.75 bits per heavy atom. The van der Waals surface area contributed by atoms with Crippen LogP contribution in [-0.4, -0.2) is 29.9 Å². The molecule has 0 bridgehead atoms. The number of halogens is 2. The van der Waals surface area contributed by atoms with Crippen LogP contribution in [0.1, 0.15) is 38.3 Å². The Hall–Kier alpha value is -1.49. The van der Waals surface area contributed by atoms with E-state index in [-0.39, 0.29) is 18.0 Å². The number of likely N-dealkylation sites (tertiary alicyclic amines) is 1. The Bertz CT molecular complexity index is 493. The predicted molar refractivity (Wildman–Crippen MR) is 73.2 cm³/mol. The van der Waals surface area contributed by atoms with E-state index in [4.69, 9.17) is 0 Å². The van der Waals surface area contributed by atoms with E-state index < -0.39 is 11.6 Å². The monoisotopic (exact) mass is 282 g/mol. The normalized spacial score (nSPS) is 18.4. The van der Waals surface area contributed by atoms with Crippen molar-refractivity contribution in [2.45, 2.75) is 38.8 Å². The molecule has 2 unspecified atom stereocenters. The van der Waals surface area contributed by atoms with Crippen LogP contribution in [0.2, 0.25) is 0 Å². The summed E-state index contributed by atoms with van der Waals surface area (Å²) in [6, 6.07) is 3.90. The first-order valence-corrected chi connectivity index (χ1v) is 6.96. The topological polar surface area (TPSA) is 32.3 Å². The number of rotatable bonds is 5. The van der Waals surface area contributed by atoms with E-state index in [0.717, 1.165) is 19.0 Å². The van der Waals surface area contributed by atoms with Crippen LogP contribution in [0.3, 0.4) is 0 Å². The van der Waals surface area contributed by atoms with Crippen molar-refractivity contribution in [1.82, 2.24) is 10.2 Å². The van der Waals surface area contributed by atoms with Gasteiger partial charge in [-0.2, -0.15) is 0 Å². The van der Waals surface area contributed by atoms with Crippen LogP contribution in [0.5, 0.6) is 0 Å². The highest BCUT2D eigenvalue weighted by Gasteiger charge is 2.23. The summed E-state index contributed by atoms with van der Waals surface area (Å²) < 4.78 is 26.9. The molecule has 1 heterocycles. The van der Waals surface area contributed by atoms with Crippen molar-refractivity contribution in [3.63, 3.8) is 0 Å². The molecule has 1 aliphatic heterocycles. The van der Waals surface area contributed by atoms with Gasteiger partial charge in [-0.3, -0.25) is 4.79 Å². The molecule has 20 heavy (non-hydrogen) atoms. The summed E-state index contributed by atoms with van der Waals surface area (Å²) in [4.78, 5) is 13.4. The second-order valence-corrected chi connectivity index (χ2v) is 5.38. The average Bonchev–Trinajstić information content (AvgIpc) is 2.78. The Morgan fingerprint density at radius 1 is 1.35 bits per heavy atom. The van der Waals surface area contributed by atoms with E-state index in [0.29, 0.717) is 18.5 Å². The van der Waals surface area contributed by atoms with Crippen LogP contribution < -0.4 is 5.32 Å². The van der Waals surface area contributed by atoms with Gasteiger partial charge in [0.25, 0.3) is 0 Å². The zero-order valence-corrected chi connectivity index (χ0v) is 11.8. The van der Waals surface area contributed by atoms with Gasteiger partial charge in [-0.1, -0.05) is 12.1 Å². The lowest BCUT2D eigenvalue weighted by molar-refractivity contribution is -0.127. The number of nitrogens with zero attached hydrogens (tertiary/aromatic N) is 1. The molecule has 0 aliphatic carbocycles. The molecule has 1 aliphatic rings. The fraction of sp³-hybridized carbons (Fsp3) is 0.533. The van der Waals surface area contributed by atoms with Crippen LogP contribution in [0.15, 0.2) is 18.2 Å². The van der Waals surface area contributed by atoms with Gasteiger partial charge in [0.15, 0.2) is 11.6 Å². The van der Waals surface area contributed by atoms with E-state index in [1.807, 2.05) is 11.8 Å². The van der Waals surface area contributed by atoms with E-state index in [1.165, 1.54) is 6.07 Å². The van der Waals surface area contributed by atoms with Gasteiger partial charge < -0.3 is 10.2 Å². The minimum atomic E-state index is -0.835. The molecule has 1 aromatic carbocycles. The maximum atomic E-state index is 13.7. The molecule has 0 aromatic heterocycles. The standard InChI is InChI=1S/C15H20F2N2O/c1-10(9-19-8-4-7-14(19)20)18-11(2)12-5-3-6-13(16)15(12)17/h3,5-6,10-11,18H,4,7-9H2,1-2H3. The quantitative estimate of drug-likeness (QED) is 0.900. The summed E-state index contributed by atoms with van der Waals surface area (Å²) in [6.07, 6.45) is 1.51. The van der Waals surface area contributed by atoms with Crippen LogP contribution in [0, 0.1) is 11.6 Å². The molecule has 110 valence electrons. The number of nitrogens with one attached hydrogen (secondary N) is 1. The van der Waals surface area contributed by atoms with Crippen molar-refractivity contribution in [2.24, 2.45) is 0 Å². The predicted octanol–water partition coefficient (Wildman–Crippen LogP) is 2.63. The SMILES string of the molecule is CC(CN1CCCC1=O)NC(C)c1cccc(F)c1F. The maximum absolute atomic E-state index is 13.7. The van der Waals surface area contributed by atoms with Crippen molar-refractivity contribution < 1.29 is 13.6 Å². The largest absolute Gasteiger partial charge is 0.341 e. The van der Waals surface area contributed by atoms with Crippen LogP contribution >= 0.6 is 0 Å². The highest BCUT2D eigenvalue weighted by molar-refractivity contribution is 5.78. The third-order valence-corrected chi connectivity index (χ3v) is 3.65. The Balaban J connectivity index is 1.95. The van der Waals surface area contributed by atoms with Crippen molar-refractivity contribution in [3.05, 3.63) is 35.4 Å². The summed E-state index contributed by atoms with van der Waals surface area (Å²) in [5.41, 5.74) is 0.310. The Kier molecular flexibility index (Phi) is 4.70. The van der Waals surface area contributed by atoms with Crippen LogP contribution in [0.25, 0.3) is 0 Å². The fourth-order valence-electron chi connectivity index (χ4n) is 2.65. The van der Waals surface area contributed by atoms with Gasteiger partial charge in [0.2, 0.25) is 5.91 Å². The zero-order chi connectivity index (χ0) is 14.7. The van der Waals surface area contributed by atoms with E-state index in [1.54, 1.807) is 13.0 Å². The Labute approximate surface area is 118 Å². The number of carbonyl (C=O) groups excluding carboxylic acids is 1. The molecule has 0 saturated carbocycles. The third-order valence-electron chi connectivity index (χ3n) is 3.65. The van der Waals surface area contributed by atoms with Crippen LogP contribution in [-0.2, 0) is 4.79 Å². The third kappa shape index (κ3) is 3.33. The van der Waals surface area contributed by atoms with Crippen LogP contribution in [0.4, 0.5) is 8.78 Å². The number of carbonyl (C=O) groups is 1. The van der Waals surface area contributed by atoms with Gasteiger partial charge >= 0.3 is 0 Å². The molecule has 1 fully saturated rings. The van der Waals surface area contributed by atoms with Gasteiger partial charge in [0.1, 0.15) is 0 Å². The average molecular weight is 282 g/mol. The molecular formula is C15H20F2N2O. The van der Waals surface area contributed by atoms with Gasteiger partial charge in [-0.05, 0) is 26.3 Å². The number of hydrogen-bond acceptors (Lipinski definition) is 2. The first kappa shape index (κ1) is 14.9. The van der Waals surface area contributed by atoms with Gasteiger partial charge in [0, 0.05) is 37.2 Å². The first-order valence-electron chi connectivity index (χ1n) is 6.96.